The summed E-state index contributed by atoms with van der Waals surface area (Å²) in [5.41, 5.74) is 7.91. The average molecular weight is 557 g/mol. The lowest BCUT2D eigenvalue weighted by Crippen LogP contribution is -2.37. The molecule has 0 N–H and O–H groups in total. The van der Waals surface area contributed by atoms with E-state index in [4.69, 9.17) is 0 Å². The van der Waals surface area contributed by atoms with Crippen LogP contribution in [0.2, 0.25) is 0 Å². The van der Waals surface area contributed by atoms with Gasteiger partial charge in [0.25, 0.3) is 0 Å². The number of benzene rings is 2. The van der Waals surface area contributed by atoms with Crippen LogP contribution in [0, 0.1) is 11.8 Å². The number of hydrogen-bond acceptors (Lipinski definition) is 2. The molecule has 40 heavy (non-hydrogen) atoms. The van der Waals surface area contributed by atoms with Gasteiger partial charge in [0.15, 0.2) is 0 Å². The number of thioether (sulfide) groups is 2. The molecule has 0 nitrogen and oxygen atoms in total. The number of fused-ring (bicyclic) bond motifs is 2. The maximum Gasteiger partial charge on any atom is 0.0305 e. The molecule has 0 fully saturated rings. The Morgan fingerprint density at radius 3 is 2.58 bits per heavy atom. The first-order valence-corrected chi connectivity index (χ1v) is 16.9. The van der Waals surface area contributed by atoms with Crippen LogP contribution in [0.15, 0.2) is 135 Å². The predicted molar refractivity (Wildman–Crippen MR) is 173 cm³/mol. The molecule has 6 atom stereocenters. The van der Waals surface area contributed by atoms with Crippen molar-refractivity contribution < 1.29 is 0 Å². The van der Waals surface area contributed by atoms with Crippen molar-refractivity contribution in [1.29, 1.82) is 0 Å². The molecule has 2 aromatic rings. The summed E-state index contributed by atoms with van der Waals surface area (Å²) in [4.78, 5) is 4.78. The minimum Gasteiger partial charge on any atom is -0.122 e. The molecule has 2 aromatic carbocycles. The molecule has 0 aromatic heterocycles. The molecule has 0 amide bonds. The minimum atomic E-state index is 0.419. The van der Waals surface area contributed by atoms with Crippen molar-refractivity contribution in [3.8, 4) is 0 Å². The van der Waals surface area contributed by atoms with E-state index in [-0.39, 0.29) is 0 Å². The van der Waals surface area contributed by atoms with Crippen LogP contribution >= 0.6 is 23.5 Å². The summed E-state index contributed by atoms with van der Waals surface area (Å²) in [6.07, 6.45) is 31.5. The highest BCUT2D eigenvalue weighted by Gasteiger charge is 2.46. The van der Waals surface area contributed by atoms with Crippen molar-refractivity contribution in [3.63, 3.8) is 0 Å². The van der Waals surface area contributed by atoms with E-state index in [0.717, 1.165) is 12.8 Å². The lowest BCUT2D eigenvalue weighted by Gasteiger charge is -2.48. The molecule has 0 spiro atoms. The largest absolute Gasteiger partial charge is 0.122 e. The van der Waals surface area contributed by atoms with Gasteiger partial charge < -0.3 is 0 Å². The molecule has 0 bridgehead atoms. The van der Waals surface area contributed by atoms with Crippen LogP contribution in [0.25, 0.3) is 0 Å². The Morgan fingerprint density at radius 1 is 0.725 bits per heavy atom. The minimum absolute atomic E-state index is 0.419. The van der Waals surface area contributed by atoms with Crippen molar-refractivity contribution in [1.82, 2.24) is 0 Å². The number of allylic oxidation sites excluding steroid dienone is 13. The van der Waals surface area contributed by atoms with Crippen molar-refractivity contribution in [2.24, 2.45) is 11.8 Å². The van der Waals surface area contributed by atoms with E-state index in [9.17, 15) is 0 Å². The van der Waals surface area contributed by atoms with E-state index in [1.807, 2.05) is 0 Å². The fraction of sp³-hybridized carbons (Fsp3) is 0.316. The fourth-order valence-electron chi connectivity index (χ4n) is 8.03. The standard InChI is InChI=1S/C38H36S2/c1-3-12-25(13-4-1)27-22-23-31-35(24-27)40-34-21-11-18-28(26-14-5-2-6-15-26)37(34)38(31)36-29-16-7-9-19-32(29)39-33-20-10-8-17-30(33)36/h1-7,10-14,16,18,20-23,26-27,30,33,36,38H,8-9,15,17,19,24H2. The highest BCUT2D eigenvalue weighted by molar-refractivity contribution is 8.04. The first kappa shape index (κ1) is 25.1. The van der Waals surface area contributed by atoms with E-state index in [1.165, 1.54) is 36.1 Å². The fourth-order valence-corrected chi connectivity index (χ4v) is 10.9. The van der Waals surface area contributed by atoms with Crippen LogP contribution in [0.5, 0.6) is 0 Å². The molecular formula is C38H36S2. The van der Waals surface area contributed by atoms with Gasteiger partial charge in [-0.05, 0) is 94.1 Å². The van der Waals surface area contributed by atoms with Gasteiger partial charge in [0.2, 0.25) is 0 Å². The summed E-state index contributed by atoms with van der Waals surface area (Å²) < 4.78 is 0. The molecule has 8 rings (SSSR count). The zero-order chi connectivity index (χ0) is 26.5. The highest BCUT2D eigenvalue weighted by Crippen LogP contribution is 2.61. The SMILES string of the molecule is C1=CCC(c2cccc3c2C(C2C4=C(CCC=C4)SC4C=CCCC42)C2=C(CC(c4ccccc4)C=C2)S3)C=C1. The Bertz CT molecular complexity index is 1530. The van der Waals surface area contributed by atoms with Gasteiger partial charge in [0.1, 0.15) is 0 Å². The second-order valence-corrected chi connectivity index (χ2v) is 14.5. The first-order valence-electron chi connectivity index (χ1n) is 15.2. The molecular weight excluding hydrogens is 521 g/mol. The van der Waals surface area contributed by atoms with Crippen molar-refractivity contribution in [2.45, 2.75) is 66.4 Å². The van der Waals surface area contributed by atoms with E-state index in [2.05, 4.69) is 133 Å². The normalized spacial score (nSPS) is 32.0. The highest BCUT2D eigenvalue weighted by atomic mass is 32.2. The van der Waals surface area contributed by atoms with Crippen LogP contribution in [-0.4, -0.2) is 5.25 Å². The van der Waals surface area contributed by atoms with E-state index >= 15 is 0 Å². The maximum atomic E-state index is 2.56. The summed E-state index contributed by atoms with van der Waals surface area (Å²) in [6.45, 7) is 0. The van der Waals surface area contributed by atoms with Gasteiger partial charge in [-0.15, -0.1) is 11.8 Å². The zero-order valence-electron chi connectivity index (χ0n) is 22.9. The maximum absolute atomic E-state index is 2.56. The van der Waals surface area contributed by atoms with Crippen LogP contribution in [0.1, 0.15) is 73.0 Å². The van der Waals surface area contributed by atoms with Crippen molar-refractivity contribution >= 4 is 23.5 Å². The number of hydrogen-bond donors (Lipinski definition) is 0. The molecule has 200 valence electrons. The van der Waals surface area contributed by atoms with Crippen LogP contribution in [0.4, 0.5) is 0 Å². The van der Waals surface area contributed by atoms with Crippen LogP contribution in [-0.2, 0) is 0 Å². The van der Waals surface area contributed by atoms with Gasteiger partial charge >= 0.3 is 0 Å². The third-order valence-corrected chi connectivity index (χ3v) is 12.6. The molecule has 6 aliphatic rings. The number of rotatable bonds is 3. The summed E-state index contributed by atoms with van der Waals surface area (Å²) in [6, 6.07) is 18.3. The molecule has 2 aliphatic heterocycles. The topological polar surface area (TPSA) is 0 Å². The first-order chi connectivity index (χ1) is 19.8. The molecule has 2 heteroatoms. The van der Waals surface area contributed by atoms with Crippen LogP contribution < -0.4 is 0 Å². The second kappa shape index (κ2) is 10.6. The second-order valence-electron chi connectivity index (χ2n) is 12.1. The Hall–Kier alpha value is -2.68. The van der Waals surface area contributed by atoms with Crippen molar-refractivity contribution in [2.75, 3.05) is 0 Å². The van der Waals surface area contributed by atoms with Gasteiger partial charge in [0, 0.05) is 27.9 Å². The molecule has 6 unspecified atom stereocenters. The lowest BCUT2D eigenvalue weighted by atomic mass is 9.64. The monoisotopic (exact) mass is 556 g/mol. The summed E-state index contributed by atoms with van der Waals surface area (Å²) >= 11 is 4.27. The zero-order valence-corrected chi connectivity index (χ0v) is 24.5. The Labute approximate surface area is 247 Å². The summed E-state index contributed by atoms with van der Waals surface area (Å²) in [5.74, 6) is 2.56. The third-order valence-electron chi connectivity index (χ3n) is 9.85. The quantitative estimate of drug-likeness (QED) is 0.345. The van der Waals surface area contributed by atoms with Crippen molar-refractivity contribution in [3.05, 3.63) is 147 Å². The molecule has 0 saturated carbocycles. The lowest BCUT2D eigenvalue weighted by molar-refractivity contribution is 0.322. The smallest absolute Gasteiger partial charge is 0.0305 e. The Kier molecular flexibility index (Phi) is 6.65. The van der Waals surface area contributed by atoms with E-state index < -0.39 is 0 Å². The van der Waals surface area contributed by atoms with E-state index in [0.29, 0.717) is 34.8 Å². The Balaban J connectivity index is 1.31. The Morgan fingerprint density at radius 2 is 1.68 bits per heavy atom. The molecule has 0 saturated heterocycles. The average Bonchev–Trinajstić information content (AvgIpc) is 3.03. The molecule has 4 aliphatic carbocycles. The predicted octanol–water partition coefficient (Wildman–Crippen LogP) is 10.8. The molecule has 2 heterocycles. The van der Waals surface area contributed by atoms with Gasteiger partial charge in [0.05, 0.1) is 0 Å². The van der Waals surface area contributed by atoms with Gasteiger partial charge in [-0.3, -0.25) is 0 Å². The third kappa shape index (κ3) is 4.30. The summed E-state index contributed by atoms with van der Waals surface area (Å²) in [7, 11) is 0. The van der Waals surface area contributed by atoms with E-state index in [1.54, 1.807) is 32.1 Å². The molecule has 0 radical (unpaired) electrons. The van der Waals surface area contributed by atoms with Gasteiger partial charge in [-0.25, -0.2) is 0 Å². The van der Waals surface area contributed by atoms with Gasteiger partial charge in [-0.1, -0.05) is 115 Å². The summed E-state index contributed by atoms with van der Waals surface area (Å²) in [5, 5.41) is 0.611. The van der Waals surface area contributed by atoms with Crippen LogP contribution in [0.3, 0.4) is 0 Å². The van der Waals surface area contributed by atoms with Gasteiger partial charge in [-0.2, -0.15) is 0 Å².